The Kier molecular flexibility index (Phi) is 7.62. The fourth-order valence-corrected chi connectivity index (χ4v) is 4.15. The van der Waals surface area contributed by atoms with E-state index in [9.17, 15) is 4.79 Å². The molecule has 1 aliphatic rings. The summed E-state index contributed by atoms with van der Waals surface area (Å²) in [7, 11) is 0. The van der Waals surface area contributed by atoms with Crippen LogP contribution in [0.3, 0.4) is 0 Å². The summed E-state index contributed by atoms with van der Waals surface area (Å²) in [4.78, 5) is 17.2. The summed E-state index contributed by atoms with van der Waals surface area (Å²) >= 11 is 0. The molecule has 4 rings (SSSR count). The molecule has 174 valence electrons. The maximum absolute atomic E-state index is 12.9. The van der Waals surface area contributed by atoms with Crippen molar-refractivity contribution in [3.63, 3.8) is 0 Å². The number of para-hydroxylation sites is 1. The lowest BCUT2D eigenvalue weighted by Crippen LogP contribution is -2.39. The number of nitrogens with zero attached hydrogens (tertiary/aromatic N) is 3. The highest BCUT2D eigenvalue weighted by molar-refractivity contribution is 5.79. The maximum Gasteiger partial charge on any atom is 0.227 e. The van der Waals surface area contributed by atoms with Gasteiger partial charge in [0, 0.05) is 49.4 Å². The lowest BCUT2D eigenvalue weighted by molar-refractivity contribution is -0.130. The highest BCUT2D eigenvalue weighted by atomic mass is 16.5. The molecule has 1 N–H and O–H groups in total. The van der Waals surface area contributed by atoms with E-state index in [2.05, 4.69) is 15.1 Å². The van der Waals surface area contributed by atoms with Crippen LogP contribution in [0, 0.1) is 0 Å². The van der Waals surface area contributed by atoms with Gasteiger partial charge >= 0.3 is 0 Å². The zero-order chi connectivity index (χ0) is 23.0. The van der Waals surface area contributed by atoms with Crippen LogP contribution in [0.2, 0.25) is 0 Å². The Morgan fingerprint density at radius 2 is 1.88 bits per heavy atom. The van der Waals surface area contributed by atoms with Crippen molar-refractivity contribution in [2.45, 2.75) is 26.8 Å². The third-order valence-electron chi connectivity index (χ3n) is 5.97. The van der Waals surface area contributed by atoms with Gasteiger partial charge in [-0.05, 0) is 44.2 Å². The van der Waals surface area contributed by atoms with Crippen molar-refractivity contribution in [1.29, 1.82) is 0 Å². The maximum atomic E-state index is 12.9. The highest BCUT2D eigenvalue weighted by Crippen LogP contribution is 2.25. The van der Waals surface area contributed by atoms with Crippen LogP contribution in [0.4, 0.5) is 0 Å². The van der Waals surface area contributed by atoms with Crippen molar-refractivity contribution in [3.05, 3.63) is 65.9 Å². The van der Waals surface area contributed by atoms with E-state index in [4.69, 9.17) is 9.47 Å². The second-order valence-corrected chi connectivity index (χ2v) is 8.11. The molecule has 0 saturated heterocycles. The first-order valence-electron chi connectivity index (χ1n) is 11.6. The van der Waals surface area contributed by atoms with Crippen LogP contribution in [0.1, 0.15) is 25.0 Å². The van der Waals surface area contributed by atoms with Crippen LogP contribution >= 0.6 is 0 Å². The number of likely N-dealkylation sites (N-methyl/N-ethyl adjacent to an activating group) is 1. The summed E-state index contributed by atoms with van der Waals surface area (Å²) in [6, 6.07) is 15.9. The first kappa shape index (κ1) is 22.9. The van der Waals surface area contributed by atoms with Gasteiger partial charge in [0.05, 0.1) is 24.9 Å². The molecule has 1 aromatic heterocycles. The predicted octanol–water partition coefficient (Wildman–Crippen LogP) is 3.76. The quantitative estimate of drug-likeness (QED) is 0.622. The van der Waals surface area contributed by atoms with E-state index < -0.39 is 0 Å². The van der Waals surface area contributed by atoms with Crippen LogP contribution in [0.25, 0.3) is 11.3 Å². The molecule has 0 spiro atoms. The van der Waals surface area contributed by atoms with E-state index in [0.29, 0.717) is 32.7 Å². The van der Waals surface area contributed by atoms with Crippen molar-refractivity contribution < 1.29 is 14.3 Å². The predicted molar refractivity (Wildman–Crippen MR) is 128 cm³/mol. The van der Waals surface area contributed by atoms with E-state index in [1.807, 2.05) is 73.5 Å². The summed E-state index contributed by atoms with van der Waals surface area (Å²) < 4.78 is 11.6. The van der Waals surface area contributed by atoms with Crippen LogP contribution in [-0.4, -0.2) is 65.3 Å². The Hall–Kier alpha value is -3.32. The molecule has 0 fully saturated rings. The van der Waals surface area contributed by atoms with Crippen molar-refractivity contribution in [2.75, 3.05) is 39.4 Å². The van der Waals surface area contributed by atoms with Crippen molar-refractivity contribution >= 4 is 5.91 Å². The smallest absolute Gasteiger partial charge is 0.227 e. The fourth-order valence-electron chi connectivity index (χ4n) is 4.15. The molecule has 0 bridgehead atoms. The first-order chi connectivity index (χ1) is 16.2. The Bertz CT molecular complexity index is 1050. The van der Waals surface area contributed by atoms with Crippen LogP contribution in [0.15, 0.2) is 54.7 Å². The van der Waals surface area contributed by atoms with Crippen molar-refractivity contribution in [2.24, 2.45) is 0 Å². The number of ether oxygens (including phenoxy) is 2. The Morgan fingerprint density at radius 3 is 2.67 bits per heavy atom. The molecule has 7 nitrogen and oxygen atoms in total. The summed E-state index contributed by atoms with van der Waals surface area (Å²) in [5, 5.41) is 7.46. The molecule has 3 aromatic rings. The molecule has 2 aromatic carbocycles. The van der Waals surface area contributed by atoms with Crippen LogP contribution < -0.4 is 9.47 Å². The number of carbonyl (C=O) groups is 1. The van der Waals surface area contributed by atoms with Crippen molar-refractivity contribution in [3.8, 4) is 22.8 Å². The summed E-state index contributed by atoms with van der Waals surface area (Å²) in [6.45, 7) is 8.85. The normalized spacial score (nSPS) is 15.5. The number of benzene rings is 2. The molecule has 0 atom stereocenters. The van der Waals surface area contributed by atoms with Gasteiger partial charge in [0.2, 0.25) is 5.91 Å². The number of amides is 1. The number of carbonyl (C=O) groups excluding carboxylic acids is 1. The molecule has 0 aliphatic carbocycles. The minimum absolute atomic E-state index is 0.133. The van der Waals surface area contributed by atoms with Gasteiger partial charge in [0.15, 0.2) is 0 Å². The first-order valence-corrected chi connectivity index (χ1v) is 11.6. The Labute approximate surface area is 195 Å². The molecule has 0 radical (unpaired) electrons. The fraction of sp³-hybridized carbons (Fsp3) is 0.385. The lowest BCUT2D eigenvalue weighted by Gasteiger charge is -2.26. The number of H-pyrrole nitrogens is 1. The zero-order valence-electron chi connectivity index (χ0n) is 19.4. The molecule has 1 amide bonds. The number of nitrogens with one attached hydrogen (secondary N) is 1. The van der Waals surface area contributed by atoms with Gasteiger partial charge in [-0.2, -0.15) is 5.10 Å². The van der Waals surface area contributed by atoms with Gasteiger partial charge in [-0.25, -0.2) is 0 Å². The number of aromatic nitrogens is 2. The largest absolute Gasteiger partial charge is 0.494 e. The number of aromatic amines is 1. The Balaban J connectivity index is 1.51. The zero-order valence-corrected chi connectivity index (χ0v) is 19.4. The van der Waals surface area contributed by atoms with Gasteiger partial charge in [0.1, 0.15) is 18.1 Å². The van der Waals surface area contributed by atoms with E-state index in [0.717, 1.165) is 53.5 Å². The number of fused-ring (bicyclic) bond motifs is 1. The number of hydrogen-bond acceptors (Lipinski definition) is 5. The minimum Gasteiger partial charge on any atom is -0.494 e. The Morgan fingerprint density at radius 1 is 1.06 bits per heavy atom. The second kappa shape index (κ2) is 11.0. The van der Waals surface area contributed by atoms with Gasteiger partial charge in [-0.15, -0.1) is 0 Å². The molecule has 1 aliphatic heterocycles. The monoisotopic (exact) mass is 448 g/mol. The summed E-state index contributed by atoms with van der Waals surface area (Å²) in [5.41, 5.74) is 4.13. The minimum atomic E-state index is 0.133. The highest BCUT2D eigenvalue weighted by Gasteiger charge is 2.19. The molecule has 33 heavy (non-hydrogen) atoms. The standard InChI is InChI=1S/C26H32N4O3/c1-3-30-14-13-29(15-16-33-24-8-6-5-7-21(24)17-25(30)31)19-22-18-27-28-26(22)20-9-11-23(12-10-20)32-4-2/h5-12,18H,3-4,13-17,19H2,1-2H3,(H,27,28). The summed E-state index contributed by atoms with van der Waals surface area (Å²) in [5.74, 6) is 1.78. The van der Waals surface area contributed by atoms with E-state index in [1.54, 1.807) is 0 Å². The molecule has 2 heterocycles. The second-order valence-electron chi connectivity index (χ2n) is 8.11. The third kappa shape index (κ3) is 5.73. The number of hydrogen-bond donors (Lipinski definition) is 1. The summed E-state index contributed by atoms with van der Waals surface area (Å²) in [6.07, 6.45) is 2.25. The van der Waals surface area contributed by atoms with E-state index in [-0.39, 0.29) is 5.91 Å². The molecule has 0 unspecified atom stereocenters. The SMILES string of the molecule is CCOc1ccc(-c2[nH]ncc2CN2CCOc3ccccc3CC(=O)N(CC)CC2)cc1. The lowest BCUT2D eigenvalue weighted by atomic mass is 10.1. The van der Waals surface area contributed by atoms with Crippen LogP contribution in [0.5, 0.6) is 11.5 Å². The average molecular weight is 449 g/mol. The third-order valence-corrected chi connectivity index (χ3v) is 5.97. The van der Waals surface area contributed by atoms with Gasteiger partial charge < -0.3 is 14.4 Å². The van der Waals surface area contributed by atoms with Gasteiger partial charge in [0.25, 0.3) is 0 Å². The van der Waals surface area contributed by atoms with Gasteiger partial charge in [-0.1, -0.05) is 18.2 Å². The topological polar surface area (TPSA) is 70.7 Å². The molecular formula is C26H32N4O3. The average Bonchev–Trinajstić information content (AvgIpc) is 3.28. The van der Waals surface area contributed by atoms with Gasteiger partial charge in [-0.3, -0.25) is 14.8 Å². The van der Waals surface area contributed by atoms with E-state index >= 15 is 0 Å². The molecular weight excluding hydrogens is 416 g/mol. The van der Waals surface area contributed by atoms with E-state index in [1.165, 1.54) is 0 Å². The molecule has 0 saturated carbocycles. The number of rotatable bonds is 6. The van der Waals surface area contributed by atoms with Crippen LogP contribution in [-0.2, 0) is 17.8 Å². The van der Waals surface area contributed by atoms with Crippen molar-refractivity contribution in [1.82, 2.24) is 20.0 Å². The molecule has 7 heteroatoms.